The van der Waals surface area contributed by atoms with Crippen LogP contribution < -0.4 is 16.0 Å². The Balaban J connectivity index is 1.86. The normalized spacial score (nSPS) is 21.6. The van der Waals surface area contributed by atoms with Gasteiger partial charge in [0.2, 0.25) is 0 Å². The second-order valence-corrected chi connectivity index (χ2v) is 7.35. The number of benzene rings is 1. The molecule has 0 radical (unpaired) electrons. The van der Waals surface area contributed by atoms with E-state index in [-0.39, 0.29) is 0 Å². The molecule has 1 aliphatic heterocycles. The van der Waals surface area contributed by atoms with Gasteiger partial charge in [0, 0.05) is 16.9 Å². The van der Waals surface area contributed by atoms with Crippen molar-refractivity contribution in [3.05, 3.63) is 27.7 Å². The van der Waals surface area contributed by atoms with Gasteiger partial charge >= 0.3 is 0 Å². The van der Waals surface area contributed by atoms with Gasteiger partial charge in [-0.2, -0.15) is 0 Å². The summed E-state index contributed by atoms with van der Waals surface area (Å²) in [7, 11) is 0. The molecule has 1 aromatic carbocycles. The van der Waals surface area contributed by atoms with Crippen molar-refractivity contribution < 1.29 is 4.74 Å². The highest BCUT2D eigenvalue weighted by Gasteiger charge is 2.37. The molecule has 110 valence electrons. The fourth-order valence-corrected chi connectivity index (χ4v) is 4.31. The molecule has 2 aliphatic rings. The van der Waals surface area contributed by atoms with Crippen molar-refractivity contribution >= 4 is 15.9 Å². The van der Waals surface area contributed by atoms with Crippen LogP contribution in [-0.4, -0.2) is 12.6 Å². The van der Waals surface area contributed by atoms with Crippen molar-refractivity contribution in [3.8, 4) is 5.75 Å². The summed E-state index contributed by atoms with van der Waals surface area (Å²) in [5, 5.41) is 0. The fourth-order valence-electron chi connectivity index (χ4n) is 3.76. The number of ether oxygens (including phenoxy) is 1. The first-order valence-electron chi connectivity index (χ1n) is 7.52. The summed E-state index contributed by atoms with van der Waals surface area (Å²) in [6.45, 7) is 3.17. The molecule has 1 saturated carbocycles. The second kappa shape index (κ2) is 5.66. The van der Waals surface area contributed by atoms with Crippen LogP contribution in [0.3, 0.4) is 0 Å². The van der Waals surface area contributed by atoms with Crippen molar-refractivity contribution in [1.82, 2.24) is 5.43 Å². The van der Waals surface area contributed by atoms with E-state index in [9.17, 15) is 0 Å². The zero-order chi connectivity index (χ0) is 14.2. The first kappa shape index (κ1) is 14.4. The maximum atomic E-state index is 5.87. The highest BCUT2D eigenvalue weighted by molar-refractivity contribution is 9.10. The van der Waals surface area contributed by atoms with Crippen LogP contribution in [0.5, 0.6) is 5.75 Å². The summed E-state index contributed by atoms with van der Waals surface area (Å²) in [5.74, 6) is 6.96. The average molecular weight is 339 g/mol. The molecule has 1 unspecified atom stereocenters. The van der Waals surface area contributed by atoms with E-state index in [2.05, 4.69) is 40.4 Å². The van der Waals surface area contributed by atoms with Gasteiger partial charge in [-0.05, 0) is 47.9 Å². The molecule has 1 aromatic rings. The lowest BCUT2D eigenvalue weighted by Gasteiger charge is -2.34. The molecule has 1 heterocycles. The summed E-state index contributed by atoms with van der Waals surface area (Å²) >= 11 is 3.62. The van der Waals surface area contributed by atoms with Crippen LogP contribution in [0.15, 0.2) is 16.6 Å². The molecule has 4 heteroatoms. The van der Waals surface area contributed by atoms with E-state index in [1.807, 2.05) is 0 Å². The molecule has 0 bridgehead atoms. The molecule has 0 saturated heterocycles. The molecular formula is C16H23BrN2O. The van der Waals surface area contributed by atoms with Gasteiger partial charge in [-0.15, -0.1) is 0 Å². The molecule has 0 amide bonds. The summed E-state index contributed by atoms with van der Waals surface area (Å²) in [6.07, 6.45) is 7.12. The van der Waals surface area contributed by atoms with Crippen molar-refractivity contribution in [1.29, 1.82) is 0 Å². The topological polar surface area (TPSA) is 47.3 Å². The standard InChI is InChI=1S/C16H23BrN2O/c1-16(5-2-3-6-16)14(19-18)10-12-9-13(17)8-11-4-7-20-15(11)12/h8-9,14,19H,2-7,10,18H2,1H3. The molecule has 0 aromatic heterocycles. The van der Waals surface area contributed by atoms with E-state index < -0.39 is 0 Å². The lowest BCUT2D eigenvalue weighted by Crippen LogP contribution is -2.47. The van der Waals surface area contributed by atoms with Crippen LogP contribution >= 0.6 is 15.9 Å². The number of nitrogens with two attached hydrogens (primary N) is 1. The van der Waals surface area contributed by atoms with Crippen LogP contribution in [0.25, 0.3) is 0 Å². The van der Waals surface area contributed by atoms with Gasteiger partial charge < -0.3 is 4.74 Å². The van der Waals surface area contributed by atoms with Crippen molar-refractivity contribution in [3.63, 3.8) is 0 Å². The Bertz CT molecular complexity index is 497. The number of nitrogens with one attached hydrogen (secondary N) is 1. The van der Waals surface area contributed by atoms with Crippen LogP contribution in [-0.2, 0) is 12.8 Å². The SMILES string of the molecule is CC1(C(Cc2cc(Br)cc3c2OCC3)NN)CCCC1. The van der Waals surface area contributed by atoms with Crippen molar-refractivity contribution in [2.75, 3.05) is 6.61 Å². The fraction of sp³-hybridized carbons (Fsp3) is 0.625. The zero-order valence-corrected chi connectivity index (χ0v) is 13.6. The van der Waals surface area contributed by atoms with Crippen LogP contribution in [0.2, 0.25) is 0 Å². The third kappa shape index (κ3) is 2.61. The smallest absolute Gasteiger partial charge is 0.125 e. The summed E-state index contributed by atoms with van der Waals surface area (Å²) < 4.78 is 6.98. The minimum atomic E-state index is 0.308. The molecular weight excluding hydrogens is 316 g/mol. The van der Waals surface area contributed by atoms with Crippen molar-refractivity contribution in [2.45, 2.75) is 51.5 Å². The minimum absolute atomic E-state index is 0.308. The van der Waals surface area contributed by atoms with Gasteiger partial charge in [-0.25, -0.2) is 0 Å². The van der Waals surface area contributed by atoms with Crippen LogP contribution in [0, 0.1) is 5.41 Å². The number of halogens is 1. The lowest BCUT2D eigenvalue weighted by molar-refractivity contribution is 0.219. The van der Waals surface area contributed by atoms with E-state index in [0.29, 0.717) is 11.5 Å². The van der Waals surface area contributed by atoms with Gasteiger partial charge in [0.25, 0.3) is 0 Å². The summed E-state index contributed by atoms with van der Waals surface area (Å²) in [5.41, 5.74) is 5.98. The van der Waals surface area contributed by atoms with Gasteiger partial charge in [-0.1, -0.05) is 35.7 Å². The Kier molecular flexibility index (Phi) is 4.07. The molecule has 0 spiro atoms. The predicted octanol–water partition coefficient (Wildman–Crippen LogP) is 3.34. The Morgan fingerprint density at radius 3 is 2.85 bits per heavy atom. The number of hydrogen-bond donors (Lipinski definition) is 2. The summed E-state index contributed by atoms with van der Waals surface area (Å²) in [4.78, 5) is 0. The predicted molar refractivity (Wildman–Crippen MR) is 84.7 cm³/mol. The van der Waals surface area contributed by atoms with E-state index in [1.54, 1.807) is 0 Å². The number of hydrazine groups is 1. The first-order valence-corrected chi connectivity index (χ1v) is 8.32. The molecule has 3 nitrogen and oxygen atoms in total. The van der Waals surface area contributed by atoms with Gasteiger partial charge in [-0.3, -0.25) is 11.3 Å². The Morgan fingerprint density at radius 1 is 1.40 bits per heavy atom. The number of fused-ring (bicyclic) bond motifs is 1. The third-order valence-electron chi connectivity index (χ3n) is 5.04. The lowest BCUT2D eigenvalue weighted by atomic mass is 9.78. The molecule has 3 rings (SSSR count). The largest absolute Gasteiger partial charge is 0.493 e. The zero-order valence-electron chi connectivity index (χ0n) is 12.0. The van der Waals surface area contributed by atoms with E-state index in [4.69, 9.17) is 10.6 Å². The van der Waals surface area contributed by atoms with Gasteiger partial charge in [0.05, 0.1) is 6.61 Å². The van der Waals surface area contributed by atoms with E-state index >= 15 is 0 Å². The Hall–Kier alpha value is -0.580. The van der Waals surface area contributed by atoms with Gasteiger partial charge in [0.1, 0.15) is 5.75 Å². The molecule has 20 heavy (non-hydrogen) atoms. The molecule has 1 aliphatic carbocycles. The number of rotatable bonds is 4. The van der Waals surface area contributed by atoms with Crippen molar-refractivity contribution in [2.24, 2.45) is 11.3 Å². The molecule has 1 atom stereocenters. The summed E-state index contributed by atoms with van der Waals surface area (Å²) in [6, 6.07) is 4.67. The first-order chi connectivity index (χ1) is 9.62. The highest BCUT2D eigenvalue weighted by atomic mass is 79.9. The molecule has 3 N–H and O–H groups in total. The number of hydrogen-bond acceptors (Lipinski definition) is 3. The van der Waals surface area contributed by atoms with Gasteiger partial charge in [0.15, 0.2) is 0 Å². The van der Waals surface area contributed by atoms with E-state index in [1.165, 1.54) is 36.8 Å². The van der Waals surface area contributed by atoms with Crippen LogP contribution in [0.1, 0.15) is 43.7 Å². The second-order valence-electron chi connectivity index (χ2n) is 6.44. The monoisotopic (exact) mass is 338 g/mol. The van der Waals surface area contributed by atoms with Crippen LogP contribution in [0.4, 0.5) is 0 Å². The minimum Gasteiger partial charge on any atom is -0.493 e. The Labute approximate surface area is 129 Å². The quantitative estimate of drug-likeness (QED) is 0.653. The third-order valence-corrected chi connectivity index (χ3v) is 5.50. The Morgan fingerprint density at radius 2 is 2.15 bits per heavy atom. The molecule has 1 fully saturated rings. The maximum Gasteiger partial charge on any atom is 0.125 e. The highest BCUT2D eigenvalue weighted by Crippen LogP contribution is 2.43. The van der Waals surface area contributed by atoms with E-state index in [0.717, 1.165) is 29.7 Å². The average Bonchev–Trinajstić information content (AvgIpc) is 3.04. The maximum absolute atomic E-state index is 5.87.